The summed E-state index contributed by atoms with van der Waals surface area (Å²) in [6.07, 6.45) is 0.0302. The summed E-state index contributed by atoms with van der Waals surface area (Å²) < 4.78 is 27.2. The number of nitrogens with zero attached hydrogens (tertiary/aromatic N) is 1. The Kier molecular flexibility index (Phi) is 4.56. The molecule has 0 bridgehead atoms. The average Bonchev–Trinajstić information content (AvgIpc) is 3.11. The zero-order valence-corrected chi connectivity index (χ0v) is 14.2. The molecule has 0 spiro atoms. The highest BCUT2D eigenvalue weighted by Gasteiger charge is 2.27. The summed E-state index contributed by atoms with van der Waals surface area (Å²) in [6.45, 7) is 0. The first kappa shape index (κ1) is 17.1. The molecule has 0 aromatic heterocycles. The van der Waals surface area contributed by atoms with E-state index in [0.717, 1.165) is 16.7 Å². The molecule has 7 nitrogen and oxygen atoms in total. The molecule has 2 aromatic carbocycles. The molecule has 2 aromatic rings. The number of carbonyl (C=O) groups excluding carboxylic acids is 1. The summed E-state index contributed by atoms with van der Waals surface area (Å²) in [5.74, 6) is -0.492. The summed E-state index contributed by atoms with van der Waals surface area (Å²) in [6, 6.07) is 13.9. The standard InChI is InChI=1S/C17H16N2O5S/c1-23-17(20)15-10-16(24-19-15)13-4-2-11(3-5-13)12-6-8-14(9-7-12)25(18,21)22/h2-9,16H,10H2,1H3,(H2,18,21,22). The van der Waals surface area contributed by atoms with Crippen molar-refractivity contribution in [1.82, 2.24) is 0 Å². The van der Waals surface area contributed by atoms with Crippen LogP contribution in [0.3, 0.4) is 0 Å². The zero-order valence-electron chi connectivity index (χ0n) is 13.4. The summed E-state index contributed by atoms with van der Waals surface area (Å²) in [4.78, 5) is 16.8. The molecule has 3 rings (SSSR count). The van der Waals surface area contributed by atoms with Crippen molar-refractivity contribution < 1.29 is 22.8 Å². The number of esters is 1. The van der Waals surface area contributed by atoms with E-state index in [0.29, 0.717) is 6.42 Å². The number of rotatable bonds is 4. The van der Waals surface area contributed by atoms with Gasteiger partial charge in [-0.25, -0.2) is 18.4 Å². The molecule has 0 saturated carbocycles. The van der Waals surface area contributed by atoms with Gasteiger partial charge < -0.3 is 9.57 Å². The van der Waals surface area contributed by atoms with Crippen LogP contribution in [0, 0.1) is 0 Å². The molecule has 1 aliphatic heterocycles. The Morgan fingerprint density at radius 1 is 1.12 bits per heavy atom. The molecule has 2 N–H and O–H groups in total. The van der Waals surface area contributed by atoms with Gasteiger partial charge in [-0.2, -0.15) is 0 Å². The minimum atomic E-state index is -3.70. The highest BCUT2D eigenvalue weighted by Crippen LogP contribution is 2.29. The highest BCUT2D eigenvalue weighted by atomic mass is 32.2. The lowest BCUT2D eigenvalue weighted by atomic mass is 10.00. The number of sulfonamides is 1. The largest absolute Gasteiger partial charge is 0.464 e. The van der Waals surface area contributed by atoms with Crippen LogP contribution in [-0.4, -0.2) is 27.2 Å². The van der Waals surface area contributed by atoms with Crippen LogP contribution >= 0.6 is 0 Å². The van der Waals surface area contributed by atoms with E-state index in [1.807, 2.05) is 24.3 Å². The van der Waals surface area contributed by atoms with E-state index >= 15 is 0 Å². The van der Waals surface area contributed by atoms with E-state index in [9.17, 15) is 13.2 Å². The molecule has 0 radical (unpaired) electrons. The van der Waals surface area contributed by atoms with Gasteiger partial charge in [-0.05, 0) is 28.8 Å². The van der Waals surface area contributed by atoms with Crippen molar-refractivity contribution in [3.8, 4) is 11.1 Å². The third-order valence-electron chi connectivity index (χ3n) is 3.89. The van der Waals surface area contributed by atoms with Crippen molar-refractivity contribution in [3.05, 3.63) is 54.1 Å². The van der Waals surface area contributed by atoms with E-state index in [4.69, 9.17) is 9.98 Å². The van der Waals surface area contributed by atoms with Crippen molar-refractivity contribution >= 4 is 21.7 Å². The van der Waals surface area contributed by atoms with E-state index in [-0.39, 0.29) is 16.7 Å². The lowest BCUT2D eigenvalue weighted by Gasteiger charge is -2.10. The lowest BCUT2D eigenvalue weighted by molar-refractivity contribution is -0.132. The second-order valence-electron chi connectivity index (χ2n) is 5.52. The highest BCUT2D eigenvalue weighted by molar-refractivity contribution is 7.89. The Balaban J connectivity index is 1.74. The minimum Gasteiger partial charge on any atom is -0.464 e. The van der Waals surface area contributed by atoms with Crippen LogP contribution in [0.2, 0.25) is 0 Å². The van der Waals surface area contributed by atoms with Gasteiger partial charge in [0.2, 0.25) is 10.0 Å². The second kappa shape index (κ2) is 6.66. The topological polar surface area (TPSA) is 108 Å². The van der Waals surface area contributed by atoms with Gasteiger partial charge in [0.05, 0.1) is 12.0 Å². The predicted octanol–water partition coefficient (Wildman–Crippen LogP) is 1.99. The van der Waals surface area contributed by atoms with Crippen molar-refractivity contribution in [2.24, 2.45) is 10.3 Å². The number of methoxy groups -OCH3 is 1. The number of oxime groups is 1. The van der Waals surface area contributed by atoms with E-state index in [2.05, 4.69) is 9.89 Å². The van der Waals surface area contributed by atoms with Gasteiger partial charge in [0, 0.05) is 6.42 Å². The first-order valence-corrected chi connectivity index (χ1v) is 8.97. The number of hydrogen-bond donors (Lipinski definition) is 1. The summed E-state index contributed by atoms with van der Waals surface area (Å²) in [5, 5.41) is 8.84. The first-order valence-electron chi connectivity index (χ1n) is 7.42. The smallest absolute Gasteiger partial charge is 0.355 e. The maximum absolute atomic E-state index is 11.4. The number of nitrogens with two attached hydrogens (primary N) is 1. The number of ether oxygens (including phenoxy) is 1. The Bertz CT molecular complexity index is 919. The number of hydrogen-bond acceptors (Lipinski definition) is 6. The fourth-order valence-electron chi connectivity index (χ4n) is 2.52. The van der Waals surface area contributed by atoms with Crippen molar-refractivity contribution in [2.75, 3.05) is 7.11 Å². The van der Waals surface area contributed by atoms with E-state index < -0.39 is 16.0 Å². The maximum Gasteiger partial charge on any atom is 0.355 e. The van der Waals surface area contributed by atoms with E-state index in [1.54, 1.807) is 12.1 Å². The Morgan fingerprint density at radius 2 is 1.68 bits per heavy atom. The molecule has 1 unspecified atom stereocenters. The molecule has 25 heavy (non-hydrogen) atoms. The first-order chi connectivity index (χ1) is 11.9. The molecule has 130 valence electrons. The van der Waals surface area contributed by atoms with Crippen LogP contribution in [0.5, 0.6) is 0 Å². The van der Waals surface area contributed by atoms with Gasteiger partial charge in [-0.3, -0.25) is 0 Å². The molecular formula is C17H16N2O5S. The third kappa shape index (κ3) is 3.70. The summed E-state index contributed by atoms with van der Waals surface area (Å²) in [5.41, 5.74) is 2.91. The van der Waals surface area contributed by atoms with E-state index in [1.165, 1.54) is 19.2 Å². The molecule has 1 heterocycles. The SMILES string of the molecule is COC(=O)C1=NOC(c2ccc(-c3ccc(S(N)(=O)=O)cc3)cc2)C1. The van der Waals surface area contributed by atoms with Crippen molar-refractivity contribution in [2.45, 2.75) is 17.4 Å². The minimum absolute atomic E-state index is 0.0692. The number of benzene rings is 2. The van der Waals surface area contributed by atoms with Crippen LogP contribution in [0.4, 0.5) is 0 Å². The van der Waals surface area contributed by atoms with Crippen LogP contribution in [-0.2, 0) is 24.4 Å². The normalized spacial score (nSPS) is 16.9. The van der Waals surface area contributed by atoms with Gasteiger partial charge in [-0.15, -0.1) is 0 Å². The van der Waals surface area contributed by atoms with Gasteiger partial charge in [0.15, 0.2) is 11.8 Å². The molecule has 1 aliphatic rings. The molecule has 0 amide bonds. The Hall–Kier alpha value is -2.71. The quantitative estimate of drug-likeness (QED) is 0.839. The number of primary sulfonamides is 1. The Labute approximate surface area is 145 Å². The lowest BCUT2D eigenvalue weighted by Crippen LogP contribution is -2.14. The fourth-order valence-corrected chi connectivity index (χ4v) is 3.04. The van der Waals surface area contributed by atoms with Gasteiger partial charge in [-0.1, -0.05) is 41.6 Å². The fraction of sp³-hybridized carbons (Fsp3) is 0.176. The molecule has 0 aliphatic carbocycles. The molecule has 0 saturated heterocycles. The monoisotopic (exact) mass is 360 g/mol. The van der Waals surface area contributed by atoms with Crippen LogP contribution in [0.1, 0.15) is 18.1 Å². The molecule has 0 fully saturated rings. The van der Waals surface area contributed by atoms with Gasteiger partial charge in [0.1, 0.15) is 0 Å². The summed E-state index contributed by atoms with van der Waals surface area (Å²) in [7, 11) is -2.40. The maximum atomic E-state index is 11.4. The van der Waals surface area contributed by atoms with Crippen LogP contribution in [0.15, 0.2) is 58.6 Å². The molecular weight excluding hydrogens is 344 g/mol. The number of carbonyl (C=O) groups is 1. The predicted molar refractivity (Wildman–Crippen MR) is 91.1 cm³/mol. The van der Waals surface area contributed by atoms with Crippen LogP contribution < -0.4 is 5.14 Å². The summed E-state index contributed by atoms with van der Waals surface area (Å²) >= 11 is 0. The van der Waals surface area contributed by atoms with Crippen molar-refractivity contribution in [1.29, 1.82) is 0 Å². The zero-order chi connectivity index (χ0) is 18.0. The molecule has 8 heteroatoms. The van der Waals surface area contributed by atoms with Gasteiger partial charge >= 0.3 is 5.97 Å². The Morgan fingerprint density at radius 3 is 2.20 bits per heavy atom. The third-order valence-corrected chi connectivity index (χ3v) is 4.82. The van der Waals surface area contributed by atoms with Crippen molar-refractivity contribution in [3.63, 3.8) is 0 Å². The average molecular weight is 360 g/mol. The van der Waals surface area contributed by atoms with Crippen LogP contribution in [0.25, 0.3) is 11.1 Å². The van der Waals surface area contributed by atoms with Gasteiger partial charge in [0.25, 0.3) is 0 Å². The molecule has 1 atom stereocenters. The second-order valence-corrected chi connectivity index (χ2v) is 7.08.